The molecule has 0 aliphatic carbocycles. The number of hydrogen-bond acceptors (Lipinski definition) is 3. The molecule has 188 valence electrons. The van der Waals surface area contributed by atoms with Crippen molar-refractivity contribution in [1.29, 1.82) is 0 Å². The molecule has 0 aliphatic rings. The Morgan fingerprint density at radius 2 is 1.45 bits per heavy atom. The maximum atomic E-state index is 13.4. The van der Waals surface area contributed by atoms with E-state index in [-0.39, 0.29) is 11.8 Å². The number of hydrogen-bond donors (Lipinski definition) is 2. The van der Waals surface area contributed by atoms with Gasteiger partial charge in [0.2, 0.25) is 5.91 Å². The molecule has 0 bridgehead atoms. The fourth-order valence-corrected chi connectivity index (χ4v) is 5.31. The first-order chi connectivity index (χ1) is 18.5. The van der Waals surface area contributed by atoms with E-state index in [4.69, 9.17) is 11.6 Å². The first-order valence-electron chi connectivity index (χ1n) is 12.1. The van der Waals surface area contributed by atoms with Gasteiger partial charge in [0.25, 0.3) is 5.91 Å². The highest BCUT2D eigenvalue weighted by Gasteiger charge is 2.23. The quantitative estimate of drug-likeness (QED) is 0.205. The van der Waals surface area contributed by atoms with Gasteiger partial charge in [0.05, 0.1) is 0 Å². The molecule has 4 nitrogen and oxygen atoms in total. The lowest BCUT2D eigenvalue weighted by Crippen LogP contribution is -2.19. The van der Waals surface area contributed by atoms with Crippen LogP contribution in [0.25, 0.3) is 10.8 Å². The van der Waals surface area contributed by atoms with E-state index >= 15 is 0 Å². The van der Waals surface area contributed by atoms with Gasteiger partial charge in [-0.1, -0.05) is 78.3 Å². The van der Waals surface area contributed by atoms with Crippen LogP contribution in [0.1, 0.15) is 26.7 Å². The molecule has 0 fully saturated rings. The van der Waals surface area contributed by atoms with Crippen LogP contribution in [0, 0.1) is 6.92 Å². The predicted octanol–water partition coefficient (Wildman–Crippen LogP) is 8.53. The van der Waals surface area contributed by atoms with Gasteiger partial charge in [0.1, 0.15) is 5.25 Å². The monoisotopic (exact) mass is 536 g/mol. The summed E-state index contributed by atoms with van der Waals surface area (Å²) in [5, 5.41) is 8.20. The van der Waals surface area contributed by atoms with Crippen LogP contribution in [0.5, 0.6) is 0 Å². The lowest BCUT2D eigenvalue weighted by atomic mass is 10.1. The highest BCUT2D eigenvalue weighted by atomic mass is 35.5. The molecule has 0 aliphatic heterocycles. The number of rotatable bonds is 7. The smallest absolute Gasteiger partial charge is 0.255 e. The molecule has 0 heterocycles. The van der Waals surface area contributed by atoms with Gasteiger partial charge in [-0.15, -0.1) is 11.8 Å². The number of nitrogens with one attached hydrogen (secondary N) is 2. The van der Waals surface area contributed by atoms with Crippen LogP contribution < -0.4 is 10.6 Å². The van der Waals surface area contributed by atoms with Gasteiger partial charge in [-0.3, -0.25) is 9.59 Å². The average molecular weight is 537 g/mol. The fraction of sp³-hybridized carbons (Fsp3) is 0.0625. The number of carbonyl (C=O) groups is 2. The van der Waals surface area contributed by atoms with E-state index in [0.717, 1.165) is 26.8 Å². The molecule has 5 aromatic rings. The third kappa shape index (κ3) is 6.08. The Morgan fingerprint density at radius 1 is 0.737 bits per heavy atom. The minimum Gasteiger partial charge on any atom is -0.325 e. The number of aryl methyl sites for hydroxylation is 1. The van der Waals surface area contributed by atoms with Crippen molar-refractivity contribution in [2.24, 2.45) is 0 Å². The van der Waals surface area contributed by atoms with Crippen LogP contribution >= 0.6 is 23.4 Å². The SMILES string of the molecule is Cc1ccc(Cl)cc1NC(=O)C(Sc1ccc(NC(=O)c2ccc3ccccc3c2)cc1)c1ccccc1. The van der Waals surface area contributed by atoms with Crippen LogP contribution in [-0.2, 0) is 4.79 Å². The minimum absolute atomic E-state index is 0.139. The first-order valence-corrected chi connectivity index (χ1v) is 13.4. The number of halogens is 1. The second-order valence-corrected chi connectivity index (χ2v) is 10.5. The first kappa shape index (κ1) is 25.6. The van der Waals surface area contributed by atoms with Gasteiger partial charge in [0, 0.05) is 26.9 Å². The van der Waals surface area contributed by atoms with Crippen molar-refractivity contribution in [2.75, 3.05) is 10.6 Å². The number of thioether (sulfide) groups is 1. The normalized spacial score (nSPS) is 11.6. The summed E-state index contributed by atoms with van der Waals surface area (Å²) in [6.45, 7) is 1.93. The largest absolute Gasteiger partial charge is 0.325 e. The number of anilines is 2. The Morgan fingerprint density at radius 3 is 2.21 bits per heavy atom. The highest BCUT2D eigenvalue weighted by Crippen LogP contribution is 2.37. The molecule has 0 aromatic heterocycles. The van der Waals surface area contributed by atoms with Gasteiger partial charge in [-0.25, -0.2) is 0 Å². The van der Waals surface area contributed by atoms with Crippen molar-refractivity contribution in [3.63, 3.8) is 0 Å². The van der Waals surface area contributed by atoms with Crippen molar-refractivity contribution in [3.05, 3.63) is 137 Å². The van der Waals surface area contributed by atoms with E-state index in [1.807, 2.05) is 110 Å². The summed E-state index contributed by atoms with van der Waals surface area (Å²) in [6.07, 6.45) is 0. The average Bonchev–Trinajstić information content (AvgIpc) is 2.94. The molecule has 5 rings (SSSR count). The summed E-state index contributed by atoms with van der Waals surface area (Å²) in [6, 6.07) is 36.2. The van der Waals surface area contributed by atoms with E-state index in [1.54, 1.807) is 12.1 Å². The van der Waals surface area contributed by atoms with Gasteiger partial charge in [-0.05, 0) is 77.4 Å². The van der Waals surface area contributed by atoms with E-state index in [9.17, 15) is 9.59 Å². The zero-order valence-electron chi connectivity index (χ0n) is 20.6. The van der Waals surface area contributed by atoms with Crippen molar-refractivity contribution in [3.8, 4) is 0 Å². The molecule has 38 heavy (non-hydrogen) atoms. The Hall–Kier alpha value is -4.06. The standard InChI is InChI=1S/C32H25ClN2O2S/c1-21-11-14-26(33)20-29(21)35-32(37)30(23-8-3-2-4-9-23)38-28-17-15-27(16-18-28)34-31(36)25-13-12-22-7-5-6-10-24(22)19-25/h2-20,30H,1H3,(H,34,36)(H,35,37). The zero-order chi connectivity index (χ0) is 26.5. The van der Waals surface area contributed by atoms with Crippen LogP contribution in [0.15, 0.2) is 120 Å². The van der Waals surface area contributed by atoms with E-state index in [2.05, 4.69) is 10.6 Å². The van der Waals surface area contributed by atoms with Gasteiger partial charge in [-0.2, -0.15) is 0 Å². The second-order valence-electron chi connectivity index (χ2n) is 8.90. The molecule has 0 spiro atoms. The molecular formula is C32H25ClN2O2S. The topological polar surface area (TPSA) is 58.2 Å². The lowest BCUT2D eigenvalue weighted by Gasteiger charge is -2.18. The summed E-state index contributed by atoms with van der Waals surface area (Å²) in [7, 11) is 0. The Labute approximate surface area is 231 Å². The molecule has 2 amide bonds. The molecular weight excluding hydrogens is 512 g/mol. The van der Waals surface area contributed by atoms with Crippen LogP contribution in [-0.4, -0.2) is 11.8 Å². The Bertz CT molecular complexity index is 1600. The van der Waals surface area contributed by atoms with Crippen LogP contribution in [0.4, 0.5) is 11.4 Å². The summed E-state index contributed by atoms with van der Waals surface area (Å²) in [5.41, 5.74) is 3.80. The lowest BCUT2D eigenvalue weighted by molar-refractivity contribution is -0.115. The third-order valence-corrected chi connectivity index (χ3v) is 7.68. The molecule has 2 N–H and O–H groups in total. The van der Waals surface area contributed by atoms with E-state index in [0.29, 0.717) is 22.0 Å². The molecule has 5 aromatic carbocycles. The maximum Gasteiger partial charge on any atom is 0.255 e. The molecule has 6 heteroatoms. The molecule has 0 saturated heterocycles. The predicted molar refractivity (Wildman–Crippen MR) is 158 cm³/mol. The van der Waals surface area contributed by atoms with Crippen molar-refractivity contribution in [2.45, 2.75) is 17.1 Å². The number of benzene rings is 5. The summed E-state index contributed by atoms with van der Waals surface area (Å²) in [4.78, 5) is 27.2. The number of carbonyl (C=O) groups excluding carboxylic acids is 2. The Kier molecular flexibility index (Phi) is 7.78. The summed E-state index contributed by atoms with van der Waals surface area (Å²) in [5.74, 6) is -0.310. The van der Waals surface area contributed by atoms with Gasteiger partial charge < -0.3 is 10.6 Å². The van der Waals surface area contributed by atoms with Crippen molar-refractivity contribution < 1.29 is 9.59 Å². The molecule has 1 atom stereocenters. The van der Waals surface area contributed by atoms with Crippen LogP contribution in [0.3, 0.4) is 0 Å². The Balaban J connectivity index is 1.31. The maximum absolute atomic E-state index is 13.4. The zero-order valence-corrected chi connectivity index (χ0v) is 22.2. The van der Waals surface area contributed by atoms with Crippen molar-refractivity contribution in [1.82, 2.24) is 0 Å². The van der Waals surface area contributed by atoms with Gasteiger partial charge >= 0.3 is 0 Å². The van der Waals surface area contributed by atoms with E-state index in [1.165, 1.54) is 11.8 Å². The summed E-state index contributed by atoms with van der Waals surface area (Å²) < 4.78 is 0. The fourth-order valence-electron chi connectivity index (χ4n) is 4.11. The molecule has 0 saturated carbocycles. The summed E-state index contributed by atoms with van der Waals surface area (Å²) >= 11 is 7.60. The molecule has 1 unspecified atom stereocenters. The number of amides is 2. The minimum atomic E-state index is -0.479. The number of fused-ring (bicyclic) bond motifs is 1. The van der Waals surface area contributed by atoms with Gasteiger partial charge in [0.15, 0.2) is 0 Å². The van der Waals surface area contributed by atoms with Crippen LogP contribution in [0.2, 0.25) is 5.02 Å². The molecule has 0 radical (unpaired) electrons. The van der Waals surface area contributed by atoms with Crippen molar-refractivity contribution >= 4 is 57.3 Å². The van der Waals surface area contributed by atoms with E-state index < -0.39 is 5.25 Å². The highest BCUT2D eigenvalue weighted by molar-refractivity contribution is 8.00. The third-order valence-electron chi connectivity index (χ3n) is 6.18. The second kappa shape index (κ2) is 11.5.